The highest BCUT2D eigenvalue weighted by molar-refractivity contribution is 6.32. The lowest BCUT2D eigenvalue weighted by Crippen LogP contribution is -2.16. The van der Waals surface area contributed by atoms with Crippen molar-refractivity contribution in [2.75, 3.05) is 13.6 Å². The Bertz CT molecular complexity index is 302. The smallest absolute Gasteiger partial charge is 0.0914 e. The number of aliphatic hydroxyl groups is 1. The molecule has 14 heavy (non-hydrogen) atoms. The number of likely N-dealkylation sites (N-methyl/N-ethyl adjacent to an activating group) is 1. The van der Waals surface area contributed by atoms with Gasteiger partial charge in [0.05, 0.1) is 6.10 Å². The summed E-state index contributed by atoms with van der Waals surface area (Å²) in [6.07, 6.45) is -0.463. The summed E-state index contributed by atoms with van der Waals surface area (Å²) in [6.45, 7) is 4.45. The van der Waals surface area contributed by atoms with E-state index in [9.17, 15) is 5.11 Å². The molecule has 0 heterocycles. The number of aryl methyl sites for hydroxylation is 2. The predicted molar refractivity (Wildman–Crippen MR) is 59.8 cm³/mol. The fourth-order valence-corrected chi connectivity index (χ4v) is 1.59. The SMILES string of the molecule is CNCC(O)c1cc(C)c(Cl)c(C)c1. The second-order valence-electron chi connectivity index (χ2n) is 3.54. The molecule has 0 saturated carbocycles. The standard InChI is InChI=1S/C11H16ClNO/c1-7-4-9(10(14)6-13-3)5-8(2)11(7)12/h4-5,10,13-14H,6H2,1-3H3. The van der Waals surface area contributed by atoms with Crippen molar-refractivity contribution >= 4 is 11.6 Å². The molecule has 1 unspecified atom stereocenters. The minimum Gasteiger partial charge on any atom is -0.387 e. The normalized spacial score (nSPS) is 12.9. The van der Waals surface area contributed by atoms with Gasteiger partial charge in [0.25, 0.3) is 0 Å². The van der Waals surface area contributed by atoms with Crippen molar-refractivity contribution in [1.29, 1.82) is 0 Å². The first-order valence-corrected chi connectivity index (χ1v) is 5.03. The van der Waals surface area contributed by atoms with Crippen LogP contribution < -0.4 is 5.32 Å². The van der Waals surface area contributed by atoms with Crippen molar-refractivity contribution in [2.45, 2.75) is 20.0 Å². The van der Waals surface area contributed by atoms with Crippen LogP contribution in [-0.4, -0.2) is 18.7 Å². The van der Waals surface area contributed by atoms with E-state index in [1.807, 2.05) is 33.0 Å². The number of aliphatic hydroxyl groups excluding tert-OH is 1. The number of benzene rings is 1. The number of rotatable bonds is 3. The molecule has 78 valence electrons. The van der Waals surface area contributed by atoms with Crippen molar-refractivity contribution in [2.24, 2.45) is 0 Å². The fourth-order valence-electron chi connectivity index (χ4n) is 1.48. The number of nitrogens with one attached hydrogen (secondary N) is 1. The van der Waals surface area contributed by atoms with Crippen LogP contribution in [0.15, 0.2) is 12.1 Å². The molecular weight excluding hydrogens is 198 g/mol. The first-order chi connectivity index (χ1) is 6.56. The van der Waals surface area contributed by atoms with E-state index < -0.39 is 6.10 Å². The van der Waals surface area contributed by atoms with Crippen molar-refractivity contribution in [3.05, 3.63) is 33.8 Å². The largest absolute Gasteiger partial charge is 0.387 e. The van der Waals surface area contributed by atoms with Gasteiger partial charge in [0.2, 0.25) is 0 Å². The van der Waals surface area contributed by atoms with Crippen molar-refractivity contribution in [3.8, 4) is 0 Å². The van der Waals surface area contributed by atoms with E-state index >= 15 is 0 Å². The van der Waals surface area contributed by atoms with Crippen molar-refractivity contribution < 1.29 is 5.11 Å². The molecule has 1 aromatic carbocycles. The third kappa shape index (κ3) is 2.47. The van der Waals surface area contributed by atoms with Gasteiger partial charge in [-0.15, -0.1) is 0 Å². The van der Waals surface area contributed by atoms with E-state index in [0.717, 1.165) is 21.7 Å². The molecule has 1 aromatic rings. The molecule has 0 aliphatic heterocycles. The quantitative estimate of drug-likeness (QED) is 0.807. The predicted octanol–water partition coefficient (Wildman–Crippen LogP) is 2.21. The van der Waals surface area contributed by atoms with Crippen LogP contribution >= 0.6 is 11.6 Å². The van der Waals surface area contributed by atoms with Gasteiger partial charge < -0.3 is 10.4 Å². The molecule has 0 radical (unpaired) electrons. The summed E-state index contributed by atoms with van der Waals surface area (Å²) in [4.78, 5) is 0. The van der Waals surface area contributed by atoms with Gasteiger partial charge in [0, 0.05) is 11.6 Å². The monoisotopic (exact) mass is 213 g/mol. The summed E-state index contributed by atoms with van der Waals surface area (Å²) in [5.41, 5.74) is 2.94. The molecular formula is C11H16ClNO. The van der Waals surface area contributed by atoms with E-state index in [-0.39, 0.29) is 0 Å². The summed E-state index contributed by atoms with van der Waals surface area (Å²) >= 11 is 6.03. The Morgan fingerprint density at radius 1 is 1.36 bits per heavy atom. The number of hydrogen-bond donors (Lipinski definition) is 2. The first-order valence-electron chi connectivity index (χ1n) is 4.65. The van der Waals surface area contributed by atoms with E-state index in [2.05, 4.69) is 5.32 Å². The molecule has 2 N–H and O–H groups in total. The van der Waals surface area contributed by atoms with Crippen LogP contribution in [0, 0.1) is 13.8 Å². The van der Waals surface area contributed by atoms with E-state index in [1.54, 1.807) is 0 Å². The maximum Gasteiger partial charge on any atom is 0.0914 e. The average Bonchev–Trinajstić information content (AvgIpc) is 2.13. The zero-order chi connectivity index (χ0) is 10.7. The molecule has 0 aromatic heterocycles. The van der Waals surface area contributed by atoms with Gasteiger partial charge in [-0.05, 0) is 37.6 Å². The van der Waals surface area contributed by atoms with Gasteiger partial charge in [0.15, 0.2) is 0 Å². The topological polar surface area (TPSA) is 32.3 Å². The second kappa shape index (κ2) is 4.78. The third-order valence-corrected chi connectivity index (χ3v) is 2.84. The summed E-state index contributed by atoms with van der Waals surface area (Å²) in [7, 11) is 1.82. The van der Waals surface area contributed by atoms with Gasteiger partial charge in [-0.25, -0.2) is 0 Å². The summed E-state index contributed by atoms with van der Waals surface area (Å²) in [5, 5.41) is 13.5. The second-order valence-corrected chi connectivity index (χ2v) is 3.92. The lowest BCUT2D eigenvalue weighted by atomic mass is 10.0. The van der Waals surface area contributed by atoms with Gasteiger partial charge in [-0.3, -0.25) is 0 Å². The van der Waals surface area contributed by atoms with Crippen LogP contribution in [0.3, 0.4) is 0 Å². The zero-order valence-corrected chi connectivity index (χ0v) is 9.52. The first kappa shape index (κ1) is 11.5. The molecule has 2 nitrogen and oxygen atoms in total. The minimum absolute atomic E-state index is 0.463. The van der Waals surface area contributed by atoms with Crippen LogP contribution in [0.5, 0.6) is 0 Å². The van der Waals surface area contributed by atoms with Gasteiger partial charge in [0.1, 0.15) is 0 Å². The molecule has 1 rings (SSSR count). The van der Waals surface area contributed by atoms with Crippen LogP contribution in [0.1, 0.15) is 22.8 Å². The fraction of sp³-hybridized carbons (Fsp3) is 0.455. The molecule has 0 bridgehead atoms. The Kier molecular flexibility index (Phi) is 3.93. The lowest BCUT2D eigenvalue weighted by Gasteiger charge is -2.13. The zero-order valence-electron chi connectivity index (χ0n) is 8.76. The van der Waals surface area contributed by atoms with Crippen LogP contribution in [0.2, 0.25) is 5.02 Å². The number of halogens is 1. The Morgan fingerprint density at radius 2 is 1.86 bits per heavy atom. The van der Waals surface area contributed by atoms with E-state index in [0.29, 0.717) is 6.54 Å². The molecule has 0 saturated heterocycles. The van der Waals surface area contributed by atoms with E-state index in [1.165, 1.54) is 0 Å². The molecule has 3 heteroatoms. The maximum atomic E-state index is 9.75. The molecule has 0 spiro atoms. The molecule has 1 atom stereocenters. The Balaban J connectivity index is 3.00. The summed E-state index contributed by atoms with van der Waals surface area (Å²) in [5.74, 6) is 0. The summed E-state index contributed by atoms with van der Waals surface area (Å²) < 4.78 is 0. The van der Waals surface area contributed by atoms with Gasteiger partial charge >= 0.3 is 0 Å². The molecule has 0 fully saturated rings. The van der Waals surface area contributed by atoms with Gasteiger partial charge in [-0.2, -0.15) is 0 Å². The minimum atomic E-state index is -0.463. The van der Waals surface area contributed by atoms with Crippen LogP contribution in [0.25, 0.3) is 0 Å². The van der Waals surface area contributed by atoms with Crippen molar-refractivity contribution in [3.63, 3.8) is 0 Å². The molecule has 0 aliphatic carbocycles. The highest BCUT2D eigenvalue weighted by Gasteiger charge is 2.09. The Hall–Kier alpha value is -0.570. The highest BCUT2D eigenvalue weighted by Crippen LogP contribution is 2.24. The van der Waals surface area contributed by atoms with Crippen molar-refractivity contribution in [1.82, 2.24) is 5.32 Å². The summed E-state index contributed by atoms with van der Waals surface area (Å²) in [6, 6.07) is 3.86. The number of hydrogen-bond acceptors (Lipinski definition) is 2. The van der Waals surface area contributed by atoms with Gasteiger partial charge in [-0.1, -0.05) is 23.7 Å². The van der Waals surface area contributed by atoms with E-state index in [4.69, 9.17) is 11.6 Å². The molecule has 0 amide bonds. The highest BCUT2D eigenvalue weighted by atomic mass is 35.5. The lowest BCUT2D eigenvalue weighted by molar-refractivity contribution is 0.177. The van der Waals surface area contributed by atoms with Crippen LogP contribution in [0.4, 0.5) is 0 Å². The average molecular weight is 214 g/mol. The Morgan fingerprint density at radius 3 is 2.29 bits per heavy atom. The molecule has 0 aliphatic rings. The Labute approximate surface area is 89.9 Å². The maximum absolute atomic E-state index is 9.75. The third-order valence-electron chi connectivity index (χ3n) is 2.24. The van der Waals surface area contributed by atoms with Crippen LogP contribution in [-0.2, 0) is 0 Å².